The van der Waals surface area contributed by atoms with Crippen molar-refractivity contribution in [2.24, 2.45) is 17.8 Å². The molecule has 2 fully saturated rings. The van der Waals surface area contributed by atoms with Gasteiger partial charge < -0.3 is 4.74 Å². The third kappa shape index (κ3) is 1.90. The normalized spacial score (nSPS) is 40.2. The largest absolute Gasteiger partial charge is 0.375 e. The second kappa shape index (κ2) is 3.61. The van der Waals surface area contributed by atoms with Crippen molar-refractivity contribution < 1.29 is 4.74 Å². The maximum Gasteiger partial charge on any atom is 0.0609 e. The van der Waals surface area contributed by atoms with Crippen molar-refractivity contribution in [2.75, 3.05) is 0 Å². The highest BCUT2D eigenvalue weighted by Gasteiger charge is 2.40. The van der Waals surface area contributed by atoms with E-state index in [-0.39, 0.29) is 0 Å². The van der Waals surface area contributed by atoms with Crippen LogP contribution in [0, 0.1) is 17.8 Å². The summed E-state index contributed by atoms with van der Waals surface area (Å²) in [4.78, 5) is 0. The topological polar surface area (TPSA) is 9.23 Å². The molecule has 0 amide bonds. The van der Waals surface area contributed by atoms with Crippen molar-refractivity contribution in [3.8, 4) is 0 Å². The van der Waals surface area contributed by atoms with E-state index in [9.17, 15) is 0 Å². The molecule has 1 nitrogen and oxygen atoms in total. The lowest BCUT2D eigenvalue weighted by molar-refractivity contribution is -0.0500. The maximum absolute atomic E-state index is 6.11. The van der Waals surface area contributed by atoms with Crippen molar-refractivity contribution in [3.63, 3.8) is 0 Å². The van der Waals surface area contributed by atoms with Crippen LogP contribution in [-0.2, 0) is 4.74 Å². The summed E-state index contributed by atoms with van der Waals surface area (Å²) in [5.74, 6) is 2.58. The predicted molar refractivity (Wildman–Crippen MR) is 54.6 cm³/mol. The highest BCUT2D eigenvalue weighted by Crippen LogP contribution is 2.46. The van der Waals surface area contributed by atoms with Gasteiger partial charge in [-0.25, -0.2) is 0 Å². The molecule has 0 aromatic carbocycles. The van der Waals surface area contributed by atoms with Crippen LogP contribution in [0.5, 0.6) is 0 Å². The van der Waals surface area contributed by atoms with E-state index in [0.29, 0.717) is 18.1 Å². The van der Waals surface area contributed by atoms with Crippen LogP contribution in [0.15, 0.2) is 0 Å². The molecule has 0 aliphatic heterocycles. The fourth-order valence-corrected chi connectivity index (χ4v) is 2.79. The Kier molecular flexibility index (Phi) is 2.64. The molecule has 2 aliphatic carbocycles. The first kappa shape index (κ1) is 9.51. The minimum atomic E-state index is 0.448. The highest BCUT2D eigenvalue weighted by atomic mass is 16.5. The molecule has 0 aromatic heterocycles. The fraction of sp³-hybridized carbons (Fsp3) is 1.00. The Bertz CT molecular complexity index is 176. The lowest BCUT2D eigenvalue weighted by atomic mass is 9.97. The summed E-state index contributed by atoms with van der Waals surface area (Å²) in [5.41, 5.74) is 0. The minimum absolute atomic E-state index is 0.448. The standard InChI is InChI=1S/C12H22O/c1-8(2)9(3)13-12-7-10-4-5-11(12)6-10/h8-12H,4-7H2,1-3H3/t9-,10?,11?,12?/m1/s1. The van der Waals surface area contributed by atoms with E-state index < -0.39 is 0 Å². The molecule has 0 radical (unpaired) electrons. The van der Waals surface area contributed by atoms with Gasteiger partial charge in [0.25, 0.3) is 0 Å². The van der Waals surface area contributed by atoms with Gasteiger partial charge in [-0.05, 0) is 50.4 Å². The van der Waals surface area contributed by atoms with Crippen LogP contribution in [0.1, 0.15) is 46.5 Å². The van der Waals surface area contributed by atoms with Gasteiger partial charge in [-0.3, -0.25) is 0 Å². The summed E-state index contributed by atoms with van der Waals surface area (Å²) in [5, 5.41) is 0. The van der Waals surface area contributed by atoms with Crippen LogP contribution in [0.25, 0.3) is 0 Å². The first-order valence-electron chi connectivity index (χ1n) is 5.82. The van der Waals surface area contributed by atoms with Gasteiger partial charge in [-0.2, -0.15) is 0 Å². The van der Waals surface area contributed by atoms with Gasteiger partial charge in [0.05, 0.1) is 12.2 Å². The van der Waals surface area contributed by atoms with Crippen molar-refractivity contribution >= 4 is 0 Å². The first-order valence-corrected chi connectivity index (χ1v) is 5.82. The van der Waals surface area contributed by atoms with Gasteiger partial charge in [0, 0.05) is 0 Å². The molecular formula is C12H22O. The van der Waals surface area contributed by atoms with Crippen LogP contribution in [0.2, 0.25) is 0 Å². The fourth-order valence-electron chi connectivity index (χ4n) is 2.79. The van der Waals surface area contributed by atoms with E-state index in [1.807, 2.05) is 0 Å². The van der Waals surface area contributed by atoms with E-state index in [2.05, 4.69) is 20.8 Å². The monoisotopic (exact) mass is 182 g/mol. The summed E-state index contributed by atoms with van der Waals surface area (Å²) in [6, 6.07) is 0. The van der Waals surface area contributed by atoms with E-state index >= 15 is 0 Å². The van der Waals surface area contributed by atoms with Crippen molar-refractivity contribution in [1.82, 2.24) is 0 Å². The zero-order valence-electron chi connectivity index (χ0n) is 9.12. The Labute approximate surface area is 81.9 Å². The molecular weight excluding hydrogens is 160 g/mol. The van der Waals surface area contributed by atoms with Crippen molar-refractivity contribution in [1.29, 1.82) is 0 Å². The number of ether oxygens (including phenoxy) is 1. The number of rotatable bonds is 3. The molecule has 13 heavy (non-hydrogen) atoms. The average Bonchev–Trinajstić information content (AvgIpc) is 2.64. The van der Waals surface area contributed by atoms with Crippen LogP contribution in [-0.4, -0.2) is 12.2 Å². The van der Waals surface area contributed by atoms with Crippen LogP contribution >= 0.6 is 0 Å². The second-order valence-electron chi connectivity index (χ2n) is 5.30. The molecule has 2 aliphatic rings. The highest BCUT2D eigenvalue weighted by molar-refractivity contribution is 4.91. The summed E-state index contributed by atoms with van der Waals surface area (Å²) in [7, 11) is 0. The quantitative estimate of drug-likeness (QED) is 0.651. The molecule has 2 saturated carbocycles. The molecule has 0 heterocycles. The molecule has 3 unspecified atom stereocenters. The summed E-state index contributed by atoms with van der Waals surface area (Å²) in [6.45, 7) is 6.71. The maximum atomic E-state index is 6.11. The van der Waals surface area contributed by atoms with E-state index in [0.717, 1.165) is 11.8 Å². The van der Waals surface area contributed by atoms with Gasteiger partial charge in [0.2, 0.25) is 0 Å². The smallest absolute Gasteiger partial charge is 0.0609 e. The minimum Gasteiger partial charge on any atom is -0.375 e. The second-order valence-corrected chi connectivity index (χ2v) is 5.30. The Hall–Kier alpha value is -0.0400. The first-order chi connectivity index (χ1) is 6.16. The SMILES string of the molecule is CC(C)[C@@H](C)OC1CC2CCC1C2. The van der Waals surface area contributed by atoms with Gasteiger partial charge in [-0.15, -0.1) is 0 Å². The molecule has 0 aromatic rings. The molecule has 0 N–H and O–H groups in total. The molecule has 2 rings (SSSR count). The van der Waals surface area contributed by atoms with Crippen LogP contribution in [0.4, 0.5) is 0 Å². The molecule has 0 saturated heterocycles. The Morgan fingerprint density at radius 1 is 1.08 bits per heavy atom. The van der Waals surface area contributed by atoms with E-state index in [1.165, 1.54) is 25.7 Å². The lowest BCUT2D eigenvalue weighted by Crippen LogP contribution is -2.28. The molecule has 4 atom stereocenters. The number of hydrogen-bond acceptors (Lipinski definition) is 1. The van der Waals surface area contributed by atoms with Gasteiger partial charge >= 0.3 is 0 Å². The Balaban J connectivity index is 1.83. The van der Waals surface area contributed by atoms with Crippen LogP contribution < -0.4 is 0 Å². The Morgan fingerprint density at radius 2 is 1.85 bits per heavy atom. The lowest BCUT2D eigenvalue weighted by Gasteiger charge is -2.27. The summed E-state index contributed by atoms with van der Waals surface area (Å²) in [6.07, 6.45) is 6.76. The van der Waals surface area contributed by atoms with Gasteiger partial charge in [0.1, 0.15) is 0 Å². The third-order valence-electron chi connectivity index (χ3n) is 4.00. The van der Waals surface area contributed by atoms with E-state index in [4.69, 9.17) is 4.74 Å². The van der Waals surface area contributed by atoms with Crippen molar-refractivity contribution in [3.05, 3.63) is 0 Å². The van der Waals surface area contributed by atoms with Gasteiger partial charge in [0.15, 0.2) is 0 Å². The predicted octanol–water partition coefficient (Wildman–Crippen LogP) is 3.24. The van der Waals surface area contributed by atoms with E-state index in [1.54, 1.807) is 0 Å². The number of hydrogen-bond donors (Lipinski definition) is 0. The Morgan fingerprint density at radius 3 is 2.31 bits per heavy atom. The summed E-state index contributed by atoms with van der Waals surface area (Å²) >= 11 is 0. The van der Waals surface area contributed by atoms with Crippen molar-refractivity contribution in [2.45, 2.75) is 58.7 Å². The third-order valence-corrected chi connectivity index (χ3v) is 4.00. The molecule has 0 spiro atoms. The molecule has 2 bridgehead atoms. The summed E-state index contributed by atoms with van der Waals surface area (Å²) < 4.78 is 6.11. The average molecular weight is 182 g/mol. The molecule has 76 valence electrons. The zero-order chi connectivity index (χ0) is 9.42. The molecule has 1 heteroatoms. The number of fused-ring (bicyclic) bond motifs is 2. The zero-order valence-corrected chi connectivity index (χ0v) is 9.12. The van der Waals surface area contributed by atoms with Gasteiger partial charge in [-0.1, -0.05) is 13.8 Å². The van der Waals surface area contributed by atoms with Crippen LogP contribution in [0.3, 0.4) is 0 Å².